The van der Waals surface area contributed by atoms with E-state index >= 15 is 0 Å². The van der Waals surface area contributed by atoms with Crippen molar-refractivity contribution in [3.05, 3.63) is 34.4 Å². The second-order valence-electron chi connectivity index (χ2n) is 6.91. The Morgan fingerprint density at radius 3 is 2.83 bits per heavy atom. The zero-order chi connectivity index (χ0) is 17.5. The second kappa shape index (κ2) is 5.96. The van der Waals surface area contributed by atoms with E-state index in [0.29, 0.717) is 29.9 Å². The van der Waals surface area contributed by atoms with Crippen molar-refractivity contribution in [3.63, 3.8) is 0 Å². The molecule has 2 aliphatic rings. The number of hydrogen-bond acceptors (Lipinski definition) is 5. The number of allylic oxidation sites excluding steroid dienone is 2. The number of esters is 1. The van der Waals surface area contributed by atoms with Gasteiger partial charge in [0.25, 0.3) is 0 Å². The third kappa shape index (κ3) is 2.90. The maximum absolute atomic E-state index is 12.2. The van der Waals surface area contributed by atoms with Gasteiger partial charge in [0.15, 0.2) is 5.78 Å². The highest BCUT2D eigenvalue weighted by atomic mass is 16.5. The molecule has 0 N–H and O–H groups in total. The lowest BCUT2D eigenvalue weighted by Gasteiger charge is -2.36. The summed E-state index contributed by atoms with van der Waals surface area (Å²) in [5, 5.41) is 0. The van der Waals surface area contributed by atoms with E-state index in [4.69, 9.17) is 14.2 Å². The lowest BCUT2D eigenvalue weighted by Crippen LogP contribution is -2.39. The number of carbonyl (C=O) groups excluding carboxylic acids is 2. The first-order valence-corrected chi connectivity index (χ1v) is 8.09. The molecule has 1 aromatic carbocycles. The Bertz CT molecular complexity index is 743. The Morgan fingerprint density at radius 2 is 2.17 bits per heavy atom. The van der Waals surface area contributed by atoms with E-state index < -0.39 is 5.60 Å². The summed E-state index contributed by atoms with van der Waals surface area (Å²) in [5.41, 5.74) is 2.45. The van der Waals surface area contributed by atoms with Crippen LogP contribution in [0.25, 0.3) is 0 Å². The van der Waals surface area contributed by atoms with Gasteiger partial charge in [0.2, 0.25) is 0 Å². The molecule has 0 unspecified atom stereocenters. The zero-order valence-corrected chi connectivity index (χ0v) is 14.5. The largest absolute Gasteiger partial charge is 0.496 e. The molecule has 0 spiro atoms. The fourth-order valence-corrected chi connectivity index (χ4v) is 3.36. The number of benzene rings is 1. The van der Waals surface area contributed by atoms with Crippen molar-refractivity contribution in [1.82, 2.24) is 0 Å². The highest BCUT2D eigenvalue weighted by molar-refractivity contribution is 5.97. The SMILES string of the molecule is COc1cc2c(c3c1CC[C@](C)(CC(=O)C=C(C)C)O3)C(=O)OC2. The van der Waals surface area contributed by atoms with Crippen LogP contribution in [-0.4, -0.2) is 24.5 Å². The number of fused-ring (bicyclic) bond motifs is 3. The van der Waals surface area contributed by atoms with Gasteiger partial charge in [-0.1, -0.05) is 5.57 Å². The lowest BCUT2D eigenvalue weighted by atomic mass is 9.86. The minimum Gasteiger partial charge on any atom is -0.496 e. The number of carbonyl (C=O) groups is 2. The molecular weight excluding hydrogens is 308 g/mol. The molecule has 0 saturated heterocycles. The molecule has 2 heterocycles. The highest BCUT2D eigenvalue weighted by Crippen LogP contribution is 2.45. The van der Waals surface area contributed by atoms with Gasteiger partial charge in [0.1, 0.15) is 29.3 Å². The Labute approximate surface area is 141 Å². The summed E-state index contributed by atoms with van der Waals surface area (Å²) >= 11 is 0. The molecule has 1 aromatic rings. The summed E-state index contributed by atoms with van der Waals surface area (Å²) in [5.74, 6) is 0.886. The van der Waals surface area contributed by atoms with Crippen molar-refractivity contribution in [2.24, 2.45) is 0 Å². The van der Waals surface area contributed by atoms with E-state index in [2.05, 4.69) is 0 Å². The van der Waals surface area contributed by atoms with Crippen LogP contribution >= 0.6 is 0 Å². The van der Waals surface area contributed by atoms with E-state index in [1.165, 1.54) is 0 Å². The number of ether oxygens (including phenoxy) is 3. The van der Waals surface area contributed by atoms with Crippen LogP contribution in [0.2, 0.25) is 0 Å². The van der Waals surface area contributed by atoms with Crippen molar-refractivity contribution in [1.29, 1.82) is 0 Å². The molecule has 0 bridgehead atoms. The van der Waals surface area contributed by atoms with Gasteiger partial charge in [-0.15, -0.1) is 0 Å². The maximum atomic E-state index is 12.2. The molecule has 0 saturated carbocycles. The summed E-state index contributed by atoms with van der Waals surface area (Å²) < 4.78 is 16.8. The van der Waals surface area contributed by atoms with Crippen LogP contribution in [0.4, 0.5) is 0 Å². The Kier molecular flexibility index (Phi) is 4.11. The summed E-state index contributed by atoms with van der Waals surface area (Å²) in [7, 11) is 1.60. The van der Waals surface area contributed by atoms with E-state index in [1.807, 2.05) is 26.8 Å². The van der Waals surface area contributed by atoms with Gasteiger partial charge in [0.05, 0.1) is 7.11 Å². The third-order valence-electron chi connectivity index (χ3n) is 4.46. The van der Waals surface area contributed by atoms with Gasteiger partial charge in [-0.25, -0.2) is 4.79 Å². The molecule has 2 aliphatic heterocycles. The fraction of sp³-hybridized carbons (Fsp3) is 0.474. The van der Waals surface area contributed by atoms with E-state index in [9.17, 15) is 9.59 Å². The van der Waals surface area contributed by atoms with Gasteiger partial charge < -0.3 is 14.2 Å². The van der Waals surface area contributed by atoms with Crippen LogP contribution in [0, 0.1) is 0 Å². The van der Waals surface area contributed by atoms with Crippen LogP contribution in [0.5, 0.6) is 11.5 Å². The predicted octanol–water partition coefficient (Wildman–Crippen LogP) is 3.37. The smallest absolute Gasteiger partial charge is 0.342 e. The van der Waals surface area contributed by atoms with Crippen LogP contribution in [0.1, 0.15) is 55.1 Å². The molecule has 0 aromatic heterocycles. The van der Waals surface area contributed by atoms with Crippen LogP contribution < -0.4 is 9.47 Å². The number of methoxy groups -OCH3 is 1. The number of rotatable bonds is 4. The molecule has 128 valence electrons. The highest BCUT2D eigenvalue weighted by Gasteiger charge is 2.39. The Morgan fingerprint density at radius 1 is 1.42 bits per heavy atom. The molecule has 0 aliphatic carbocycles. The summed E-state index contributed by atoms with van der Waals surface area (Å²) in [4.78, 5) is 24.3. The zero-order valence-electron chi connectivity index (χ0n) is 14.5. The van der Waals surface area contributed by atoms with Gasteiger partial charge in [0, 0.05) is 17.5 Å². The molecular formula is C19H22O5. The molecule has 3 rings (SSSR count). The summed E-state index contributed by atoms with van der Waals surface area (Å²) in [6.45, 7) is 5.93. The van der Waals surface area contributed by atoms with Crippen molar-refractivity contribution < 1.29 is 23.8 Å². The average Bonchev–Trinajstić information content (AvgIpc) is 2.86. The molecule has 0 radical (unpaired) electrons. The number of cyclic esters (lactones) is 1. The standard InChI is InChI=1S/C19H22O5/c1-11(2)7-13(20)9-19(3)6-5-14-15(22-4)8-12-10-23-18(21)16(12)17(14)24-19/h7-8H,5-6,9-10H2,1-4H3/t19-/m1/s1. The quantitative estimate of drug-likeness (QED) is 0.625. The first kappa shape index (κ1) is 16.6. The molecule has 5 heteroatoms. The van der Waals surface area contributed by atoms with Gasteiger partial charge in [-0.05, 0) is 45.8 Å². The van der Waals surface area contributed by atoms with E-state index in [1.54, 1.807) is 13.2 Å². The summed E-state index contributed by atoms with van der Waals surface area (Å²) in [6, 6.07) is 1.85. The minimum absolute atomic E-state index is 0.0306. The molecule has 1 atom stereocenters. The molecule has 5 nitrogen and oxygen atoms in total. The fourth-order valence-electron chi connectivity index (χ4n) is 3.36. The van der Waals surface area contributed by atoms with Crippen LogP contribution in [0.15, 0.2) is 17.7 Å². The molecule has 0 fully saturated rings. The monoisotopic (exact) mass is 330 g/mol. The third-order valence-corrected chi connectivity index (χ3v) is 4.46. The molecule has 0 amide bonds. The average molecular weight is 330 g/mol. The first-order valence-electron chi connectivity index (χ1n) is 8.09. The topological polar surface area (TPSA) is 61.8 Å². The first-order chi connectivity index (χ1) is 11.3. The van der Waals surface area contributed by atoms with Gasteiger partial charge in [-0.2, -0.15) is 0 Å². The van der Waals surface area contributed by atoms with Gasteiger partial charge >= 0.3 is 5.97 Å². The minimum atomic E-state index is -0.640. The Hall–Kier alpha value is -2.30. The van der Waals surface area contributed by atoms with Crippen LogP contribution in [-0.2, 0) is 22.6 Å². The molecule has 24 heavy (non-hydrogen) atoms. The predicted molar refractivity (Wildman–Crippen MR) is 88.5 cm³/mol. The van der Waals surface area contributed by atoms with Crippen LogP contribution in [0.3, 0.4) is 0 Å². The number of ketones is 1. The van der Waals surface area contributed by atoms with Crippen molar-refractivity contribution in [2.45, 2.75) is 52.2 Å². The normalized spacial score (nSPS) is 21.2. The van der Waals surface area contributed by atoms with E-state index in [0.717, 1.165) is 16.7 Å². The Balaban J connectivity index is 1.98. The summed E-state index contributed by atoms with van der Waals surface area (Å²) in [6.07, 6.45) is 3.29. The van der Waals surface area contributed by atoms with E-state index in [-0.39, 0.29) is 24.8 Å². The maximum Gasteiger partial charge on any atom is 0.342 e. The van der Waals surface area contributed by atoms with Crippen molar-refractivity contribution in [3.8, 4) is 11.5 Å². The number of hydrogen-bond donors (Lipinski definition) is 0. The van der Waals surface area contributed by atoms with Gasteiger partial charge in [-0.3, -0.25) is 4.79 Å². The second-order valence-corrected chi connectivity index (χ2v) is 6.91. The van der Waals surface area contributed by atoms with Crippen molar-refractivity contribution in [2.75, 3.05) is 7.11 Å². The van der Waals surface area contributed by atoms with Crippen molar-refractivity contribution >= 4 is 11.8 Å². The lowest BCUT2D eigenvalue weighted by molar-refractivity contribution is -0.118.